The van der Waals surface area contributed by atoms with Crippen molar-refractivity contribution < 1.29 is 4.52 Å². The molecule has 4 heteroatoms. The van der Waals surface area contributed by atoms with Crippen LogP contribution in [0.2, 0.25) is 0 Å². The van der Waals surface area contributed by atoms with Crippen molar-refractivity contribution in [3.05, 3.63) is 24.3 Å². The second kappa shape index (κ2) is 5.34. The molecule has 0 saturated carbocycles. The largest absolute Gasteiger partial charge is 0.354 e. The molecule has 2 saturated heterocycles. The van der Waals surface area contributed by atoms with E-state index in [1.165, 1.54) is 25.8 Å². The molecule has 0 bridgehead atoms. The van der Waals surface area contributed by atoms with Gasteiger partial charge in [-0.25, -0.2) is 0 Å². The highest BCUT2D eigenvalue weighted by atomic mass is 16.5. The molecule has 0 radical (unpaired) electrons. The highest BCUT2D eigenvalue weighted by Crippen LogP contribution is 2.31. The maximum absolute atomic E-state index is 5.47. The Kier molecular flexibility index (Phi) is 3.34. The number of piperidine rings is 1. The average Bonchev–Trinajstić information content (AvgIpc) is 2.98. The van der Waals surface area contributed by atoms with Crippen LogP contribution < -0.4 is 4.90 Å². The van der Waals surface area contributed by atoms with Crippen molar-refractivity contribution in [3.63, 3.8) is 0 Å². The van der Waals surface area contributed by atoms with Gasteiger partial charge in [-0.05, 0) is 30.9 Å². The normalized spacial score (nSPS) is 27.0. The molecule has 21 heavy (non-hydrogen) atoms. The van der Waals surface area contributed by atoms with E-state index in [4.69, 9.17) is 4.52 Å². The molecule has 1 aromatic carbocycles. The van der Waals surface area contributed by atoms with Gasteiger partial charge in [-0.1, -0.05) is 30.6 Å². The average molecular weight is 285 g/mol. The van der Waals surface area contributed by atoms with Gasteiger partial charge in [-0.2, -0.15) is 0 Å². The molecule has 3 heterocycles. The minimum atomic E-state index is 0.692. The first-order chi connectivity index (χ1) is 10.3. The van der Waals surface area contributed by atoms with Gasteiger partial charge in [0.05, 0.1) is 5.39 Å². The van der Waals surface area contributed by atoms with Crippen LogP contribution >= 0.6 is 0 Å². The van der Waals surface area contributed by atoms with Gasteiger partial charge >= 0.3 is 0 Å². The summed E-state index contributed by atoms with van der Waals surface area (Å²) < 4.78 is 5.47. The minimum Gasteiger partial charge on any atom is -0.354 e. The highest BCUT2D eigenvalue weighted by molar-refractivity contribution is 5.88. The lowest BCUT2D eigenvalue weighted by molar-refractivity contribution is 0.0938. The first-order valence-electron chi connectivity index (χ1n) is 8.18. The number of anilines is 1. The molecule has 1 aromatic heterocycles. The summed E-state index contributed by atoms with van der Waals surface area (Å²) in [6.45, 7) is 6.91. The molecule has 4 rings (SSSR count). The van der Waals surface area contributed by atoms with Gasteiger partial charge in [0.15, 0.2) is 11.4 Å². The predicted molar refractivity (Wildman–Crippen MR) is 84.6 cm³/mol. The van der Waals surface area contributed by atoms with Crippen LogP contribution in [-0.4, -0.2) is 42.3 Å². The summed E-state index contributed by atoms with van der Waals surface area (Å²) in [5.41, 5.74) is 0.893. The van der Waals surface area contributed by atoms with Gasteiger partial charge in [0.25, 0.3) is 0 Å². The lowest BCUT2D eigenvalue weighted by Gasteiger charge is -2.46. The molecule has 2 atom stereocenters. The van der Waals surface area contributed by atoms with Crippen LogP contribution in [-0.2, 0) is 0 Å². The van der Waals surface area contributed by atoms with Crippen molar-refractivity contribution in [2.45, 2.75) is 32.2 Å². The van der Waals surface area contributed by atoms with Crippen molar-refractivity contribution in [1.29, 1.82) is 0 Å². The van der Waals surface area contributed by atoms with Crippen LogP contribution in [0.15, 0.2) is 28.8 Å². The molecular weight excluding hydrogens is 262 g/mol. The summed E-state index contributed by atoms with van der Waals surface area (Å²) in [5, 5.41) is 5.47. The van der Waals surface area contributed by atoms with Crippen LogP contribution in [0, 0.1) is 5.92 Å². The first-order valence-corrected chi connectivity index (χ1v) is 8.18. The van der Waals surface area contributed by atoms with E-state index in [1.54, 1.807) is 0 Å². The SMILES string of the molecule is CC[C@@H]1CC[C@H]2CN(c3noc4ccccc34)CCN2C1. The molecule has 112 valence electrons. The molecule has 0 spiro atoms. The third-order valence-corrected chi connectivity index (χ3v) is 5.24. The summed E-state index contributed by atoms with van der Waals surface area (Å²) in [4.78, 5) is 5.11. The molecule has 0 unspecified atom stereocenters. The van der Waals surface area contributed by atoms with Gasteiger partial charge in [0, 0.05) is 32.2 Å². The summed E-state index contributed by atoms with van der Waals surface area (Å²) in [7, 11) is 0. The van der Waals surface area contributed by atoms with Gasteiger partial charge in [0.2, 0.25) is 0 Å². The summed E-state index contributed by atoms with van der Waals surface area (Å²) in [6.07, 6.45) is 4.02. The second-order valence-electron chi connectivity index (χ2n) is 6.45. The molecule has 2 fully saturated rings. The molecule has 0 aliphatic carbocycles. The number of aromatic nitrogens is 1. The topological polar surface area (TPSA) is 32.5 Å². The van der Waals surface area contributed by atoms with E-state index < -0.39 is 0 Å². The number of piperazine rings is 1. The zero-order valence-corrected chi connectivity index (χ0v) is 12.7. The zero-order valence-electron chi connectivity index (χ0n) is 12.7. The predicted octanol–water partition coefficient (Wildman–Crippen LogP) is 3.14. The van der Waals surface area contributed by atoms with Gasteiger partial charge in [-0.3, -0.25) is 4.90 Å². The zero-order chi connectivity index (χ0) is 14.2. The Morgan fingerprint density at radius 1 is 1.19 bits per heavy atom. The standard InChI is InChI=1S/C17H23N3O/c1-2-13-7-8-14-12-20(10-9-19(14)11-13)17-15-5-3-4-6-16(15)21-18-17/h3-6,13-14H,2,7-12H2,1H3/t13-,14+/m1/s1. The molecule has 2 aliphatic rings. The number of rotatable bonds is 2. The lowest BCUT2D eigenvalue weighted by atomic mass is 9.89. The van der Waals surface area contributed by atoms with Crippen LogP contribution in [0.25, 0.3) is 11.0 Å². The fourth-order valence-corrected chi connectivity index (χ4v) is 3.88. The summed E-state index contributed by atoms with van der Waals surface area (Å²) in [6, 6.07) is 8.86. The molecule has 0 amide bonds. The number of hydrogen-bond acceptors (Lipinski definition) is 4. The van der Waals surface area contributed by atoms with Crippen molar-refractivity contribution in [2.24, 2.45) is 5.92 Å². The Hall–Kier alpha value is -1.55. The maximum atomic E-state index is 5.47. The van der Waals surface area contributed by atoms with E-state index in [0.29, 0.717) is 6.04 Å². The Morgan fingerprint density at radius 2 is 2.10 bits per heavy atom. The van der Waals surface area contributed by atoms with Crippen molar-refractivity contribution in [1.82, 2.24) is 10.1 Å². The second-order valence-corrected chi connectivity index (χ2v) is 6.45. The fourth-order valence-electron chi connectivity index (χ4n) is 3.88. The van der Waals surface area contributed by atoms with Crippen molar-refractivity contribution >= 4 is 16.8 Å². The maximum Gasteiger partial charge on any atom is 0.180 e. The molecular formula is C17H23N3O. The number of hydrogen-bond donors (Lipinski definition) is 0. The number of para-hydroxylation sites is 1. The summed E-state index contributed by atoms with van der Waals surface area (Å²) in [5.74, 6) is 1.93. The van der Waals surface area contributed by atoms with Crippen LogP contribution in [0.3, 0.4) is 0 Å². The lowest BCUT2D eigenvalue weighted by Crippen LogP contribution is -2.56. The van der Waals surface area contributed by atoms with E-state index in [9.17, 15) is 0 Å². The van der Waals surface area contributed by atoms with Crippen molar-refractivity contribution in [2.75, 3.05) is 31.1 Å². The van der Waals surface area contributed by atoms with Crippen molar-refractivity contribution in [3.8, 4) is 0 Å². The number of fused-ring (bicyclic) bond motifs is 2. The Balaban J connectivity index is 1.54. The molecule has 2 aliphatic heterocycles. The van der Waals surface area contributed by atoms with E-state index >= 15 is 0 Å². The summed E-state index contributed by atoms with van der Waals surface area (Å²) >= 11 is 0. The van der Waals surface area contributed by atoms with Crippen LogP contribution in [0.4, 0.5) is 5.82 Å². The Morgan fingerprint density at radius 3 is 3.00 bits per heavy atom. The minimum absolute atomic E-state index is 0.692. The number of benzene rings is 1. The first kappa shape index (κ1) is 13.1. The molecule has 4 nitrogen and oxygen atoms in total. The Bertz CT molecular complexity index is 623. The monoisotopic (exact) mass is 285 g/mol. The van der Waals surface area contributed by atoms with E-state index in [0.717, 1.165) is 42.3 Å². The fraction of sp³-hybridized carbons (Fsp3) is 0.588. The van der Waals surface area contributed by atoms with Gasteiger partial charge in [0.1, 0.15) is 0 Å². The van der Waals surface area contributed by atoms with Crippen LogP contribution in [0.1, 0.15) is 26.2 Å². The van der Waals surface area contributed by atoms with Gasteiger partial charge in [-0.15, -0.1) is 0 Å². The van der Waals surface area contributed by atoms with E-state index in [-0.39, 0.29) is 0 Å². The molecule has 2 aromatic rings. The van der Waals surface area contributed by atoms with Crippen LogP contribution in [0.5, 0.6) is 0 Å². The van der Waals surface area contributed by atoms with E-state index in [1.807, 2.05) is 12.1 Å². The third-order valence-electron chi connectivity index (χ3n) is 5.24. The highest BCUT2D eigenvalue weighted by Gasteiger charge is 2.33. The Labute approximate surface area is 125 Å². The quantitative estimate of drug-likeness (QED) is 0.848. The third kappa shape index (κ3) is 2.31. The molecule has 0 N–H and O–H groups in total. The number of nitrogens with zero attached hydrogens (tertiary/aromatic N) is 3. The van der Waals surface area contributed by atoms with E-state index in [2.05, 4.69) is 34.0 Å². The smallest absolute Gasteiger partial charge is 0.180 e. The van der Waals surface area contributed by atoms with Gasteiger partial charge < -0.3 is 9.42 Å².